The molecule has 1 amide bonds. The summed E-state index contributed by atoms with van der Waals surface area (Å²) in [4.78, 5) is 26.2. The van der Waals surface area contributed by atoms with Crippen molar-refractivity contribution in [2.75, 3.05) is 0 Å². The van der Waals surface area contributed by atoms with Gasteiger partial charge in [-0.3, -0.25) is 0 Å². The molecule has 0 spiro atoms. The monoisotopic (exact) mass is 320 g/mol. The number of hydrogen-bond donors (Lipinski definition) is 4. The van der Waals surface area contributed by atoms with Crippen LogP contribution in [0.2, 0.25) is 0 Å². The number of fused-ring (bicyclic) bond motifs is 1. The summed E-state index contributed by atoms with van der Waals surface area (Å²) in [5.74, 6) is -1.07. The maximum Gasteiger partial charge on any atom is 0.408 e. The zero-order valence-electron chi connectivity index (χ0n) is 13.2. The zero-order chi connectivity index (χ0) is 17.2. The van der Waals surface area contributed by atoms with Gasteiger partial charge < -0.3 is 25.3 Å². The highest BCUT2D eigenvalue weighted by molar-refractivity contribution is 5.86. The molecule has 1 heterocycles. The number of ether oxygens (including phenoxy) is 1. The van der Waals surface area contributed by atoms with Crippen molar-refractivity contribution in [2.45, 2.75) is 38.8 Å². The second kappa shape index (κ2) is 6.20. The van der Waals surface area contributed by atoms with Gasteiger partial charge in [0.1, 0.15) is 17.4 Å². The van der Waals surface area contributed by atoms with Gasteiger partial charge in [0.15, 0.2) is 0 Å². The Morgan fingerprint density at radius 3 is 2.65 bits per heavy atom. The van der Waals surface area contributed by atoms with E-state index in [4.69, 9.17) is 4.74 Å². The number of amides is 1. The Kier molecular flexibility index (Phi) is 4.49. The number of aromatic amines is 1. The Balaban J connectivity index is 2.17. The van der Waals surface area contributed by atoms with Gasteiger partial charge in [-0.15, -0.1) is 0 Å². The molecule has 1 aromatic carbocycles. The largest absolute Gasteiger partial charge is 0.508 e. The number of benzene rings is 1. The molecular formula is C16H20N2O5. The van der Waals surface area contributed by atoms with Crippen LogP contribution in [-0.2, 0) is 16.0 Å². The average molecular weight is 320 g/mol. The Hall–Kier alpha value is -2.70. The SMILES string of the molecule is CC(C)(C)OC(=O)NC(Cc1c[nH]c2ccc(O)cc12)C(=O)O. The quantitative estimate of drug-likeness (QED) is 0.691. The van der Waals surface area contributed by atoms with Gasteiger partial charge in [-0.05, 0) is 44.5 Å². The summed E-state index contributed by atoms with van der Waals surface area (Å²) in [5, 5.41) is 21.9. The third-order valence-electron chi connectivity index (χ3n) is 3.16. The van der Waals surface area contributed by atoms with E-state index in [2.05, 4.69) is 10.3 Å². The van der Waals surface area contributed by atoms with Gasteiger partial charge in [-0.2, -0.15) is 0 Å². The van der Waals surface area contributed by atoms with Crippen molar-refractivity contribution in [1.29, 1.82) is 0 Å². The van der Waals surface area contributed by atoms with Crippen LogP contribution in [0.25, 0.3) is 10.9 Å². The number of phenolic OH excluding ortho intramolecular Hbond substituents is 1. The summed E-state index contributed by atoms with van der Waals surface area (Å²) < 4.78 is 5.08. The molecule has 23 heavy (non-hydrogen) atoms. The van der Waals surface area contributed by atoms with Crippen LogP contribution >= 0.6 is 0 Å². The minimum Gasteiger partial charge on any atom is -0.508 e. The van der Waals surface area contributed by atoms with Crippen LogP contribution in [0.4, 0.5) is 4.79 Å². The predicted molar refractivity (Wildman–Crippen MR) is 84.5 cm³/mol. The van der Waals surface area contributed by atoms with Gasteiger partial charge in [0.2, 0.25) is 0 Å². The molecule has 0 fully saturated rings. The zero-order valence-corrected chi connectivity index (χ0v) is 13.2. The van der Waals surface area contributed by atoms with Gasteiger partial charge in [-0.1, -0.05) is 0 Å². The highest BCUT2D eigenvalue weighted by atomic mass is 16.6. The number of H-pyrrole nitrogens is 1. The lowest BCUT2D eigenvalue weighted by molar-refractivity contribution is -0.139. The Morgan fingerprint density at radius 1 is 1.35 bits per heavy atom. The number of aromatic hydroxyl groups is 1. The summed E-state index contributed by atoms with van der Waals surface area (Å²) in [6, 6.07) is 3.65. The molecule has 0 saturated heterocycles. The van der Waals surface area contributed by atoms with E-state index in [1.165, 1.54) is 6.07 Å². The van der Waals surface area contributed by atoms with Crippen LogP contribution < -0.4 is 5.32 Å². The number of carbonyl (C=O) groups excluding carboxylic acids is 1. The molecule has 1 aromatic heterocycles. The van der Waals surface area contributed by atoms with Crippen molar-refractivity contribution in [1.82, 2.24) is 10.3 Å². The van der Waals surface area contributed by atoms with Crippen molar-refractivity contribution in [3.05, 3.63) is 30.0 Å². The molecule has 0 aliphatic heterocycles. The van der Waals surface area contributed by atoms with E-state index in [0.717, 1.165) is 5.52 Å². The van der Waals surface area contributed by atoms with Crippen molar-refractivity contribution in [3.8, 4) is 5.75 Å². The van der Waals surface area contributed by atoms with Crippen molar-refractivity contribution < 1.29 is 24.5 Å². The summed E-state index contributed by atoms with van der Waals surface area (Å²) >= 11 is 0. The lowest BCUT2D eigenvalue weighted by atomic mass is 10.0. The number of rotatable bonds is 4. The Labute approximate surface area is 133 Å². The number of aliphatic carboxylic acids is 1. The molecule has 2 rings (SSSR count). The molecule has 4 N–H and O–H groups in total. The maximum atomic E-state index is 11.8. The van der Waals surface area contributed by atoms with E-state index in [-0.39, 0.29) is 12.2 Å². The molecule has 124 valence electrons. The minimum atomic E-state index is -1.16. The average Bonchev–Trinajstić information content (AvgIpc) is 2.78. The van der Waals surface area contributed by atoms with Gasteiger partial charge in [0.05, 0.1) is 0 Å². The smallest absolute Gasteiger partial charge is 0.408 e. The fraction of sp³-hybridized carbons (Fsp3) is 0.375. The highest BCUT2D eigenvalue weighted by Crippen LogP contribution is 2.24. The van der Waals surface area contributed by atoms with Crippen LogP contribution in [0.15, 0.2) is 24.4 Å². The lowest BCUT2D eigenvalue weighted by Gasteiger charge is -2.22. The van der Waals surface area contributed by atoms with Gasteiger partial charge in [-0.25, -0.2) is 9.59 Å². The third kappa shape index (κ3) is 4.38. The molecule has 0 radical (unpaired) electrons. The van der Waals surface area contributed by atoms with E-state index in [1.54, 1.807) is 39.1 Å². The van der Waals surface area contributed by atoms with Crippen LogP contribution in [0.3, 0.4) is 0 Å². The van der Waals surface area contributed by atoms with Crippen molar-refractivity contribution in [2.24, 2.45) is 0 Å². The molecule has 0 aliphatic rings. The van der Waals surface area contributed by atoms with E-state index < -0.39 is 23.7 Å². The predicted octanol–water partition coefficient (Wildman–Crippen LogP) is 2.39. The molecule has 2 aromatic rings. The lowest BCUT2D eigenvalue weighted by Crippen LogP contribution is -2.44. The van der Waals surface area contributed by atoms with E-state index in [1.807, 2.05) is 0 Å². The Bertz CT molecular complexity index is 730. The molecular weight excluding hydrogens is 300 g/mol. The number of hydrogen-bond acceptors (Lipinski definition) is 4. The van der Waals surface area contributed by atoms with Crippen LogP contribution in [0.1, 0.15) is 26.3 Å². The first-order valence-electron chi connectivity index (χ1n) is 7.17. The third-order valence-corrected chi connectivity index (χ3v) is 3.16. The molecule has 7 heteroatoms. The van der Waals surface area contributed by atoms with Crippen LogP contribution in [-0.4, -0.2) is 38.9 Å². The number of carboxylic acids is 1. The molecule has 0 aliphatic carbocycles. The van der Waals surface area contributed by atoms with Crippen molar-refractivity contribution in [3.63, 3.8) is 0 Å². The first-order valence-corrected chi connectivity index (χ1v) is 7.17. The molecule has 1 unspecified atom stereocenters. The minimum absolute atomic E-state index is 0.0675. The number of aromatic nitrogens is 1. The van der Waals surface area contributed by atoms with Crippen LogP contribution in [0.5, 0.6) is 5.75 Å². The van der Waals surface area contributed by atoms with E-state index >= 15 is 0 Å². The standard InChI is InChI=1S/C16H20N2O5/c1-16(2,3)23-15(22)18-13(14(20)21)6-9-8-17-12-5-4-10(19)7-11(9)12/h4-5,7-8,13,17,19H,6H2,1-3H3,(H,18,22)(H,20,21). The second-order valence-electron chi connectivity index (χ2n) is 6.28. The molecule has 1 atom stereocenters. The normalized spacial score (nSPS) is 12.8. The highest BCUT2D eigenvalue weighted by Gasteiger charge is 2.25. The number of carbonyl (C=O) groups is 2. The fourth-order valence-corrected chi connectivity index (χ4v) is 2.21. The van der Waals surface area contributed by atoms with E-state index in [9.17, 15) is 19.8 Å². The first-order chi connectivity index (χ1) is 10.7. The molecule has 7 nitrogen and oxygen atoms in total. The maximum absolute atomic E-state index is 11.8. The molecule has 0 bridgehead atoms. The number of phenols is 1. The van der Waals surface area contributed by atoms with Gasteiger partial charge in [0.25, 0.3) is 0 Å². The fourth-order valence-electron chi connectivity index (χ4n) is 2.21. The van der Waals surface area contributed by atoms with E-state index in [0.29, 0.717) is 10.9 Å². The summed E-state index contributed by atoms with van der Waals surface area (Å²) in [5.41, 5.74) is 0.748. The van der Waals surface area contributed by atoms with Crippen LogP contribution in [0, 0.1) is 0 Å². The topological polar surface area (TPSA) is 112 Å². The Morgan fingerprint density at radius 2 is 2.04 bits per heavy atom. The molecule has 0 saturated carbocycles. The summed E-state index contributed by atoms with van der Waals surface area (Å²) in [6.07, 6.45) is 0.946. The van der Waals surface area contributed by atoms with Gasteiger partial charge >= 0.3 is 12.1 Å². The first kappa shape index (κ1) is 16.7. The van der Waals surface area contributed by atoms with Gasteiger partial charge in [0, 0.05) is 23.5 Å². The number of nitrogens with one attached hydrogen (secondary N) is 2. The second-order valence-corrected chi connectivity index (χ2v) is 6.28. The number of carboxylic acid groups (broad SMARTS) is 1. The summed E-state index contributed by atoms with van der Waals surface area (Å²) in [7, 11) is 0. The summed E-state index contributed by atoms with van der Waals surface area (Å²) in [6.45, 7) is 5.10. The number of alkyl carbamates (subject to hydrolysis) is 1. The van der Waals surface area contributed by atoms with Crippen molar-refractivity contribution >= 4 is 23.0 Å².